The van der Waals surface area contributed by atoms with Gasteiger partial charge in [0.25, 0.3) is 5.91 Å². The highest BCUT2D eigenvalue weighted by Gasteiger charge is 2.03. The van der Waals surface area contributed by atoms with Gasteiger partial charge in [0.1, 0.15) is 5.82 Å². The summed E-state index contributed by atoms with van der Waals surface area (Å²) in [7, 11) is 0. The molecule has 5 nitrogen and oxygen atoms in total. The fourth-order valence-electron chi connectivity index (χ4n) is 1.13. The minimum Gasteiger partial charge on any atom is -0.282 e. The number of rotatable bonds is 3. The predicted octanol–water partition coefficient (Wildman–Crippen LogP) is 1.23. The Morgan fingerprint density at radius 3 is 2.75 bits per heavy atom. The summed E-state index contributed by atoms with van der Waals surface area (Å²) in [5, 5.41) is 0. The van der Waals surface area contributed by atoms with Crippen LogP contribution in [0.4, 0.5) is 5.82 Å². The maximum absolute atomic E-state index is 11.6. The molecule has 0 aliphatic heterocycles. The molecule has 5 heteroatoms. The number of nitrogens with zero attached hydrogens (tertiary/aromatic N) is 2. The Labute approximate surface area is 92.5 Å². The third-order valence-corrected chi connectivity index (χ3v) is 1.89. The normalized spacial score (nSPS) is 9.50. The van der Waals surface area contributed by atoms with Crippen LogP contribution in [0.25, 0.3) is 0 Å². The minimum absolute atomic E-state index is 0.251. The zero-order chi connectivity index (χ0) is 11.2. The number of carbonyl (C=O) groups excluding carboxylic acids is 1. The van der Waals surface area contributed by atoms with Gasteiger partial charge in [-0.15, -0.1) is 0 Å². The molecule has 2 N–H and O–H groups in total. The molecule has 0 spiro atoms. The molecule has 0 saturated carbocycles. The SMILES string of the molecule is O=C(NNc1ccccn1)c1cccnc1. The lowest BCUT2D eigenvalue weighted by atomic mass is 10.3. The van der Waals surface area contributed by atoms with E-state index < -0.39 is 0 Å². The second-order valence-corrected chi connectivity index (χ2v) is 3.04. The highest BCUT2D eigenvalue weighted by Crippen LogP contribution is 1.99. The largest absolute Gasteiger partial charge is 0.282 e. The molecule has 2 rings (SSSR count). The molecule has 16 heavy (non-hydrogen) atoms. The van der Waals surface area contributed by atoms with E-state index in [9.17, 15) is 4.79 Å². The highest BCUT2D eigenvalue weighted by molar-refractivity contribution is 5.94. The minimum atomic E-state index is -0.251. The second kappa shape index (κ2) is 4.88. The molecule has 0 atom stereocenters. The molecule has 0 unspecified atom stereocenters. The summed E-state index contributed by atoms with van der Waals surface area (Å²) >= 11 is 0. The number of amides is 1. The van der Waals surface area contributed by atoms with Crippen LogP contribution >= 0.6 is 0 Å². The van der Waals surface area contributed by atoms with Crippen LogP contribution in [-0.4, -0.2) is 15.9 Å². The van der Waals surface area contributed by atoms with E-state index in [1.165, 1.54) is 6.20 Å². The van der Waals surface area contributed by atoms with Gasteiger partial charge in [0.05, 0.1) is 5.56 Å². The summed E-state index contributed by atoms with van der Waals surface area (Å²) in [6, 6.07) is 8.77. The van der Waals surface area contributed by atoms with Gasteiger partial charge in [0.2, 0.25) is 0 Å². The van der Waals surface area contributed by atoms with Crippen molar-refractivity contribution in [2.75, 3.05) is 5.43 Å². The second-order valence-electron chi connectivity index (χ2n) is 3.04. The number of nitrogens with one attached hydrogen (secondary N) is 2. The standard InChI is InChI=1S/C11H10N4O/c16-11(9-4-3-6-12-8-9)15-14-10-5-1-2-7-13-10/h1-8H,(H,13,14)(H,15,16). The molecule has 2 aromatic heterocycles. The van der Waals surface area contributed by atoms with Crippen molar-refractivity contribution in [1.82, 2.24) is 15.4 Å². The van der Waals surface area contributed by atoms with E-state index in [1.54, 1.807) is 36.7 Å². The summed E-state index contributed by atoms with van der Waals surface area (Å²) in [4.78, 5) is 19.4. The molecule has 0 saturated heterocycles. The Morgan fingerprint density at radius 1 is 1.12 bits per heavy atom. The molecule has 80 valence electrons. The van der Waals surface area contributed by atoms with Crippen molar-refractivity contribution < 1.29 is 4.79 Å². The molecule has 2 heterocycles. The molecule has 2 aromatic rings. The van der Waals surface area contributed by atoms with Gasteiger partial charge in [0.15, 0.2) is 0 Å². The molecule has 0 aliphatic rings. The van der Waals surface area contributed by atoms with Crippen molar-refractivity contribution in [3.05, 3.63) is 54.5 Å². The van der Waals surface area contributed by atoms with Crippen LogP contribution in [-0.2, 0) is 0 Å². The molecule has 0 aromatic carbocycles. The van der Waals surface area contributed by atoms with E-state index in [0.29, 0.717) is 11.4 Å². The van der Waals surface area contributed by atoms with Crippen LogP contribution in [0.1, 0.15) is 10.4 Å². The van der Waals surface area contributed by atoms with Crippen LogP contribution in [0.5, 0.6) is 0 Å². The van der Waals surface area contributed by atoms with Crippen LogP contribution in [0.2, 0.25) is 0 Å². The smallest absolute Gasteiger partial charge is 0.271 e. The average molecular weight is 214 g/mol. The van der Waals surface area contributed by atoms with Gasteiger partial charge < -0.3 is 0 Å². The lowest BCUT2D eigenvalue weighted by Crippen LogP contribution is -2.29. The number of anilines is 1. The van der Waals surface area contributed by atoms with Crippen LogP contribution in [0.3, 0.4) is 0 Å². The number of carbonyl (C=O) groups is 1. The fourth-order valence-corrected chi connectivity index (χ4v) is 1.13. The van der Waals surface area contributed by atoms with Crippen molar-refractivity contribution in [2.45, 2.75) is 0 Å². The van der Waals surface area contributed by atoms with E-state index in [1.807, 2.05) is 6.07 Å². The third-order valence-electron chi connectivity index (χ3n) is 1.89. The van der Waals surface area contributed by atoms with Crippen molar-refractivity contribution >= 4 is 11.7 Å². The number of pyridine rings is 2. The van der Waals surface area contributed by atoms with Gasteiger partial charge in [-0.25, -0.2) is 4.98 Å². The summed E-state index contributed by atoms with van der Waals surface area (Å²) in [5.74, 6) is 0.332. The molecule has 0 fully saturated rings. The fraction of sp³-hybridized carbons (Fsp3) is 0. The molecular weight excluding hydrogens is 204 g/mol. The third kappa shape index (κ3) is 2.54. The van der Waals surface area contributed by atoms with Crippen LogP contribution in [0, 0.1) is 0 Å². The van der Waals surface area contributed by atoms with Gasteiger partial charge >= 0.3 is 0 Å². The van der Waals surface area contributed by atoms with E-state index in [-0.39, 0.29) is 5.91 Å². The topological polar surface area (TPSA) is 66.9 Å². The lowest BCUT2D eigenvalue weighted by Gasteiger charge is -2.06. The Morgan fingerprint density at radius 2 is 2.06 bits per heavy atom. The van der Waals surface area contributed by atoms with E-state index >= 15 is 0 Å². The summed E-state index contributed by atoms with van der Waals surface area (Å²) < 4.78 is 0. The highest BCUT2D eigenvalue weighted by atomic mass is 16.2. The molecule has 0 aliphatic carbocycles. The Hall–Kier alpha value is -2.43. The number of hydrogen-bond donors (Lipinski definition) is 2. The van der Waals surface area contributed by atoms with E-state index in [0.717, 1.165) is 0 Å². The zero-order valence-corrected chi connectivity index (χ0v) is 8.42. The van der Waals surface area contributed by atoms with E-state index in [4.69, 9.17) is 0 Å². The Kier molecular flexibility index (Phi) is 3.08. The molecular formula is C11H10N4O. The number of hydrogen-bond acceptors (Lipinski definition) is 4. The first-order valence-corrected chi connectivity index (χ1v) is 4.74. The number of aromatic nitrogens is 2. The van der Waals surface area contributed by atoms with Crippen molar-refractivity contribution in [3.8, 4) is 0 Å². The maximum atomic E-state index is 11.6. The van der Waals surface area contributed by atoms with Gasteiger partial charge in [-0.05, 0) is 24.3 Å². The number of hydrazine groups is 1. The van der Waals surface area contributed by atoms with Gasteiger partial charge in [-0.1, -0.05) is 6.07 Å². The van der Waals surface area contributed by atoms with Gasteiger partial charge in [-0.2, -0.15) is 0 Å². The van der Waals surface area contributed by atoms with E-state index in [2.05, 4.69) is 20.8 Å². The maximum Gasteiger partial charge on any atom is 0.271 e. The van der Waals surface area contributed by atoms with Gasteiger partial charge in [-0.3, -0.25) is 20.6 Å². The summed E-state index contributed by atoms with van der Waals surface area (Å²) in [6.07, 6.45) is 4.75. The first-order valence-electron chi connectivity index (χ1n) is 4.74. The molecule has 0 radical (unpaired) electrons. The average Bonchev–Trinajstić information content (AvgIpc) is 2.38. The summed E-state index contributed by atoms with van der Waals surface area (Å²) in [6.45, 7) is 0. The Balaban J connectivity index is 1.95. The first-order chi connectivity index (χ1) is 7.86. The predicted molar refractivity (Wildman–Crippen MR) is 59.6 cm³/mol. The monoisotopic (exact) mass is 214 g/mol. The lowest BCUT2D eigenvalue weighted by molar-refractivity contribution is 0.0962. The molecule has 1 amide bonds. The zero-order valence-electron chi connectivity index (χ0n) is 8.42. The van der Waals surface area contributed by atoms with Crippen molar-refractivity contribution in [3.63, 3.8) is 0 Å². The van der Waals surface area contributed by atoms with Gasteiger partial charge in [0, 0.05) is 18.6 Å². The molecule has 0 bridgehead atoms. The Bertz CT molecular complexity index is 458. The van der Waals surface area contributed by atoms with Crippen LogP contribution in [0.15, 0.2) is 48.9 Å². The summed E-state index contributed by atoms with van der Waals surface area (Å²) in [5.41, 5.74) is 5.72. The first kappa shape index (κ1) is 10.1. The van der Waals surface area contributed by atoms with Crippen molar-refractivity contribution in [1.29, 1.82) is 0 Å². The quantitative estimate of drug-likeness (QED) is 0.754. The van der Waals surface area contributed by atoms with Crippen molar-refractivity contribution in [2.24, 2.45) is 0 Å². The van der Waals surface area contributed by atoms with Crippen LogP contribution < -0.4 is 10.9 Å².